The van der Waals surface area contributed by atoms with Crippen molar-refractivity contribution in [2.75, 3.05) is 6.61 Å². The van der Waals surface area contributed by atoms with Crippen LogP contribution in [0.1, 0.15) is 23.3 Å². The topological polar surface area (TPSA) is 69.6 Å². The van der Waals surface area contributed by atoms with Crippen LogP contribution in [0.15, 0.2) is 60.7 Å². The van der Waals surface area contributed by atoms with Crippen LogP contribution in [0.5, 0.6) is 0 Å². The monoisotopic (exact) mass is 271 g/mol. The Morgan fingerprint density at radius 1 is 0.950 bits per heavy atom. The Balaban J connectivity index is 2.06. The fraction of sp³-hybridized carbons (Fsp3) is 0.188. The van der Waals surface area contributed by atoms with Crippen molar-refractivity contribution in [1.29, 1.82) is 0 Å². The molecule has 2 aromatic rings. The lowest BCUT2D eigenvalue weighted by molar-refractivity contribution is -0.130. The van der Waals surface area contributed by atoms with Crippen molar-refractivity contribution >= 4 is 5.91 Å². The molecule has 1 amide bonds. The van der Waals surface area contributed by atoms with Crippen LogP contribution in [0.25, 0.3) is 0 Å². The third kappa shape index (κ3) is 3.44. The Bertz CT molecular complexity index is 542. The second-order valence-electron chi connectivity index (χ2n) is 4.47. The number of nitrogens with one attached hydrogen (secondary N) is 1. The Kier molecular flexibility index (Phi) is 4.87. The Morgan fingerprint density at radius 3 is 1.95 bits per heavy atom. The number of amides is 1. The molecule has 1 unspecified atom stereocenters. The molecule has 0 aliphatic rings. The van der Waals surface area contributed by atoms with E-state index in [1.165, 1.54) is 0 Å². The quantitative estimate of drug-likeness (QED) is 0.773. The molecule has 0 bridgehead atoms. The average molecular weight is 271 g/mol. The second kappa shape index (κ2) is 6.84. The summed E-state index contributed by atoms with van der Waals surface area (Å²) < 4.78 is 0. The van der Waals surface area contributed by atoms with Crippen LogP contribution >= 0.6 is 0 Å². The summed E-state index contributed by atoms with van der Waals surface area (Å²) in [6.45, 7) is -0.225. The van der Waals surface area contributed by atoms with Crippen LogP contribution in [0.2, 0.25) is 0 Å². The number of carbonyl (C=O) groups is 1. The second-order valence-corrected chi connectivity index (χ2v) is 4.47. The van der Waals surface area contributed by atoms with Gasteiger partial charge in [-0.1, -0.05) is 60.7 Å². The largest absolute Gasteiger partial charge is 0.394 e. The van der Waals surface area contributed by atoms with Crippen molar-refractivity contribution in [1.82, 2.24) is 5.32 Å². The molecule has 0 spiro atoms. The van der Waals surface area contributed by atoms with Gasteiger partial charge in [-0.25, -0.2) is 0 Å². The van der Waals surface area contributed by atoms with Gasteiger partial charge >= 0.3 is 0 Å². The molecule has 2 aromatic carbocycles. The summed E-state index contributed by atoms with van der Waals surface area (Å²) in [5, 5.41) is 22.0. The first kappa shape index (κ1) is 14.2. The Hall–Kier alpha value is -2.17. The molecular weight excluding hydrogens is 254 g/mol. The molecule has 0 saturated carbocycles. The van der Waals surface area contributed by atoms with E-state index in [1.807, 2.05) is 36.4 Å². The van der Waals surface area contributed by atoms with Gasteiger partial charge < -0.3 is 15.5 Å². The fourth-order valence-corrected chi connectivity index (χ4v) is 1.96. The molecule has 0 radical (unpaired) electrons. The molecule has 0 aliphatic heterocycles. The van der Waals surface area contributed by atoms with E-state index in [2.05, 4.69) is 5.32 Å². The van der Waals surface area contributed by atoms with Gasteiger partial charge in [0.15, 0.2) is 6.10 Å². The zero-order chi connectivity index (χ0) is 14.4. The molecule has 2 atom stereocenters. The molecular formula is C16H17NO3. The molecule has 0 aliphatic carbocycles. The number of aliphatic hydroxyl groups excluding tert-OH is 2. The molecule has 3 N–H and O–H groups in total. The van der Waals surface area contributed by atoms with Crippen molar-refractivity contribution in [3.63, 3.8) is 0 Å². The summed E-state index contributed by atoms with van der Waals surface area (Å²) in [6, 6.07) is 17.3. The normalized spacial score (nSPS) is 13.5. The summed E-state index contributed by atoms with van der Waals surface area (Å²) in [6.07, 6.45) is -1.24. The number of rotatable bonds is 5. The van der Waals surface area contributed by atoms with E-state index in [-0.39, 0.29) is 6.61 Å². The Labute approximate surface area is 117 Å². The average Bonchev–Trinajstić information content (AvgIpc) is 2.53. The van der Waals surface area contributed by atoms with Crippen molar-refractivity contribution in [2.24, 2.45) is 0 Å². The smallest absolute Gasteiger partial charge is 0.254 e. The van der Waals surface area contributed by atoms with Gasteiger partial charge in [0.2, 0.25) is 0 Å². The molecule has 0 aromatic heterocycles. The van der Waals surface area contributed by atoms with Gasteiger partial charge in [0, 0.05) is 0 Å². The zero-order valence-corrected chi connectivity index (χ0v) is 10.9. The molecule has 0 heterocycles. The Morgan fingerprint density at radius 2 is 1.45 bits per heavy atom. The lowest BCUT2D eigenvalue weighted by Crippen LogP contribution is -2.34. The van der Waals surface area contributed by atoms with E-state index in [0.29, 0.717) is 5.56 Å². The summed E-state index contributed by atoms with van der Waals surface area (Å²) in [5.41, 5.74) is 1.32. The first-order valence-corrected chi connectivity index (χ1v) is 6.41. The highest BCUT2D eigenvalue weighted by atomic mass is 16.3. The minimum atomic E-state index is -1.24. The molecule has 4 nitrogen and oxygen atoms in total. The van der Waals surface area contributed by atoms with Crippen molar-refractivity contribution < 1.29 is 15.0 Å². The highest BCUT2D eigenvalue weighted by molar-refractivity contribution is 5.82. The summed E-state index contributed by atoms with van der Waals surface area (Å²) >= 11 is 0. The van der Waals surface area contributed by atoms with Crippen LogP contribution in [-0.4, -0.2) is 22.7 Å². The maximum Gasteiger partial charge on any atom is 0.254 e. The van der Waals surface area contributed by atoms with E-state index in [0.717, 1.165) is 5.56 Å². The first-order chi connectivity index (χ1) is 9.72. The van der Waals surface area contributed by atoms with Crippen molar-refractivity contribution in [3.05, 3.63) is 71.8 Å². The van der Waals surface area contributed by atoms with Crippen molar-refractivity contribution in [2.45, 2.75) is 12.1 Å². The molecule has 0 fully saturated rings. The van der Waals surface area contributed by atoms with E-state index in [9.17, 15) is 15.0 Å². The summed E-state index contributed by atoms with van der Waals surface area (Å²) in [5.74, 6) is -0.529. The van der Waals surface area contributed by atoms with Crippen LogP contribution in [0.3, 0.4) is 0 Å². The zero-order valence-electron chi connectivity index (χ0n) is 10.9. The SMILES string of the molecule is O=C(NC(CO)c1ccccc1)[C@@H](O)c1ccccc1. The molecule has 20 heavy (non-hydrogen) atoms. The van der Waals surface area contributed by atoms with E-state index in [4.69, 9.17) is 0 Å². The van der Waals surface area contributed by atoms with Crippen LogP contribution in [0.4, 0.5) is 0 Å². The van der Waals surface area contributed by atoms with Crippen LogP contribution < -0.4 is 5.32 Å². The number of hydrogen-bond acceptors (Lipinski definition) is 3. The van der Waals surface area contributed by atoms with E-state index < -0.39 is 18.1 Å². The van der Waals surface area contributed by atoms with Crippen LogP contribution in [-0.2, 0) is 4.79 Å². The molecule has 4 heteroatoms. The highest BCUT2D eigenvalue weighted by Gasteiger charge is 2.21. The lowest BCUT2D eigenvalue weighted by atomic mass is 10.1. The molecule has 2 rings (SSSR count). The standard InChI is InChI=1S/C16H17NO3/c18-11-14(12-7-3-1-4-8-12)17-16(20)15(19)13-9-5-2-6-10-13/h1-10,14-15,18-19H,11H2,(H,17,20)/t14?,15-/m0/s1. The maximum absolute atomic E-state index is 12.0. The van der Waals surface area contributed by atoms with Gasteiger partial charge in [-0.15, -0.1) is 0 Å². The van der Waals surface area contributed by atoms with E-state index in [1.54, 1.807) is 24.3 Å². The highest BCUT2D eigenvalue weighted by Crippen LogP contribution is 2.16. The number of benzene rings is 2. The van der Waals surface area contributed by atoms with Crippen LogP contribution in [0, 0.1) is 0 Å². The number of carbonyl (C=O) groups excluding carboxylic acids is 1. The van der Waals surface area contributed by atoms with Gasteiger partial charge in [-0.3, -0.25) is 4.79 Å². The van der Waals surface area contributed by atoms with Gasteiger partial charge in [-0.2, -0.15) is 0 Å². The van der Waals surface area contributed by atoms with Gasteiger partial charge in [-0.05, 0) is 11.1 Å². The van der Waals surface area contributed by atoms with Gasteiger partial charge in [0.25, 0.3) is 5.91 Å². The predicted octanol–water partition coefficient (Wildman–Crippen LogP) is 1.57. The van der Waals surface area contributed by atoms with Crippen molar-refractivity contribution in [3.8, 4) is 0 Å². The predicted molar refractivity (Wildman–Crippen MR) is 75.8 cm³/mol. The number of aliphatic hydroxyl groups is 2. The summed E-state index contributed by atoms with van der Waals surface area (Å²) in [7, 11) is 0. The van der Waals surface area contributed by atoms with Gasteiger partial charge in [0.05, 0.1) is 12.6 Å². The third-order valence-electron chi connectivity index (χ3n) is 3.06. The first-order valence-electron chi connectivity index (χ1n) is 6.41. The minimum Gasteiger partial charge on any atom is -0.394 e. The van der Waals surface area contributed by atoms with E-state index >= 15 is 0 Å². The number of hydrogen-bond donors (Lipinski definition) is 3. The lowest BCUT2D eigenvalue weighted by Gasteiger charge is -2.19. The minimum absolute atomic E-state index is 0.225. The fourth-order valence-electron chi connectivity index (χ4n) is 1.96. The maximum atomic E-state index is 12.0. The third-order valence-corrected chi connectivity index (χ3v) is 3.06. The molecule has 0 saturated heterocycles. The summed E-state index contributed by atoms with van der Waals surface area (Å²) in [4.78, 5) is 12.0. The van der Waals surface area contributed by atoms with Gasteiger partial charge in [0.1, 0.15) is 0 Å². The molecule has 104 valence electrons.